The first-order valence-electron chi connectivity index (χ1n) is 25.7. The Bertz CT molecular complexity index is 3270. The van der Waals surface area contributed by atoms with Crippen molar-refractivity contribution >= 4 is 75.5 Å². The molecule has 1 aliphatic carbocycles. The molecule has 2 aromatic carbocycles. The fourth-order valence-electron chi connectivity index (χ4n) is 11.8. The lowest BCUT2D eigenvalue weighted by Gasteiger charge is -2.38. The van der Waals surface area contributed by atoms with Crippen LogP contribution in [0.1, 0.15) is 110 Å². The molecule has 4 aliphatic heterocycles. The quantitative estimate of drug-likeness (QED) is 0.0866. The monoisotopic (exact) mass is 1090 g/mol. The van der Waals surface area contributed by atoms with Gasteiger partial charge in [0.05, 0.1) is 22.0 Å². The number of carbonyl (C=O) groups excluding carboxylic acids is 6. The summed E-state index contributed by atoms with van der Waals surface area (Å²) in [7, 11) is -4.20. The minimum atomic E-state index is -5.85. The van der Waals surface area contributed by atoms with Crippen LogP contribution in [0.3, 0.4) is 0 Å². The van der Waals surface area contributed by atoms with Crippen LogP contribution in [0.5, 0.6) is 0 Å². The molecule has 0 bridgehead atoms. The molecule has 23 heteroatoms. The van der Waals surface area contributed by atoms with E-state index in [9.17, 15) is 47.1 Å². The van der Waals surface area contributed by atoms with Crippen molar-refractivity contribution in [1.29, 1.82) is 0 Å². The van der Waals surface area contributed by atoms with Crippen LogP contribution in [0.15, 0.2) is 71.8 Å². The minimum Gasteiger partial charge on any atom is -0.366 e. The minimum absolute atomic E-state index is 0.0141. The van der Waals surface area contributed by atoms with Crippen LogP contribution >= 0.6 is 18.9 Å². The molecule has 404 valence electrons. The topological polar surface area (TPSA) is 243 Å². The number of amides is 6. The molecule has 7 heterocycles. The van der Waals surface area contributed by atoms with Crippen molar-refractivity contribution in [3.8, 4) is 0 Å². The third-order valence-electron chi connectivity index (χ3n) is 16.2. The number of aromatic nitrogens is 3. The molecule has 76 heavy (non-hydrogen) atoms. The van der Waals surface area contributed by atoms with Crippen molar-refractivity contribution in [2.75, 3.05) is 32.8 Å². The van der Waals surface area contributed by atoms with Crippen LogP contribution in [0.2, 0.25) is 0 Å². The molecular formula is C53H61F2N8O11PS. The lowest BCUT2D eigenvalue weighted by molar-refractivity contribution is -0.153. The SMILES string of the molecule is Cn1c(=O)n(C2CCC(=O)NC2=O)c2ccc(CC3CCN(C(=O)CO[C@@H]4CCN(C(=O)[C@@H](NC(=O)c5cc6cc(C(F)(F)P(=O)(O)O)ccc6s5)C(C)(C)C)[C@@H]4C(=O)N4CC(c5cccnc5)CC45CC5)CC3)cc21. The zero-order chi connectivity index (χ0) is 54.2. The number of pyridine rings is 1. The first-order chi connectivity index (χ1) is 35.9. The number of imide groups is 1. The standard InChI is InChI=1S/C53H61F2N8O11PS/c1-51(2,3)45(58-47(67)41-25-33-24-35(8-11-40(33)76-41)53(54,55)75(71,72)73)49(69)61-21-15-39(44(61)48(68)62-28-34(26-52(62)16-17-52)32-6-5-18-56-27-32)74-29-43(65)60-19-13-30(14-20-60)22-31-7-9-36-38(23-31)59(4)50(70)63(36)37-10-12-42(64)57-46(37)66/h5-9,11,18,23-25,27,30,34,37,39,44-45H,10,12-17,19-22,26,28-29H2,1-4H3,(H,58,67)(H,57,64,66)(H2,71,72,73)/t34?,37?,39-,44+,45-/m1/s1. The highest BCUT2D eigenvalue weighted by atomic mass is 32.1. The Morgan fingerprint density at radius 1 is 0.974 bits per heavy atom. The number of carbonyl (C=O) groups is 6. The summed E-state index contributed by atoms with van der Waals surface area (Å²) in [6.45, 7) is 6.41. The van der Waals surface area contributed by atoms with Gasteiger partial charge in [-0.1, -0.05) is 39.0 Å². The second-order valence-electron chi connectivity index (χ2n) is 22.2. The van der Waals surface area contributed by atoms with Crippen LogP contribution < -0.4 is 16.3 Å². The van der Waals surface area contributed by atoms with Crippen molar-refractivity contribution in [2.45, 2.75) is 120 Å². The Morgan fingerprint density at radius 3 is 2.39 bits per heavy atom. The van der Waals surface area contributed by atoms with Gasteiger partial charge in [0.25, 0.3) is 5.91 Å². The number of halogens is 2. The number of benzene rings is 2. The van der Waals surface area contributed by atoms with Gasteiger partial charge >= 0.3 is 18.9 Å². The predicted octanol–water partition coefficient (Wildman–Crippen LogP) is 5.32. The van der Waals surface area contributed by atoms with Crippen molar-refractivity contribution < 1.29 is 56.6 Å². The van der Waals surface area contributed by atoms with Gasteiger partial charge in [-0.25, -0.2) is 4.79 Å². The molecule has 2 unspecified atom stereocenters. The van der Waals surface area contributed by atoms with Crippen molar-refractivity contribution in [3.05, 3.63) is 99.0 Å². The maximum absolute atomic E-state index is 15.2. The average molecular weight is 1090 g/mol. The number of aryl methyl sites for hydroxylation is 1. The smallest absolute Gasteiger partial charge is 0.366 e. The van der Waals surface area contributed by atoms with E-state index >= 15 is 9.59 Å². The number of nitrogens with one attached hydrogen (secondary N) is 2. The Hall–Kier alpha value is -6.19. The normalized spacial score (nSPS) is 22.7. The summed E-state index contributed by atoms with van der Waals surface area (Å²) in [5, 5.41) is 5.35. The summed E-state index contributed by atoms with van der Waals surface area (Å²) >= 11 is 0.958. The number of rotatable bonds is 13. The summed E-state index contributed by atoms with van der Waals surface area (Å²) in [5.74, 6) is -2.39. The molecule has 1 saturated carbocycles. The second-order valence-corrected chi connectivity index (χ2v) is 25.0. The van der Waals surface area contributed by atoms with E-state index < -0.39 is 71.7 Å². The van der Waals surface area contributed by atoms with Gasteiger partial charge in [-0.2, -0.15) is 8.78 Å². The average Bonchev–Trinajstić information content (AvgIpc) is 3.76. The van der Waals surface area contributed by atoms with Crippen LogP contribution in [0.25, 0.3) is 21.1 Å². The van der Waals surface area contributed by atoms with Crippen LogP contribution in [-0.4, -0.2) is 131 Å². The summed E-state index contributed by atoms with van der Waals surface area (Å²) in [4.78, 5) is 124. The van der Waals surface area contributed by atoms with Crippen LogP contribution in [0, 0.1) is 11.3 Å². The zero-order valence-corrected chi connectivity index (χ0v) is 44.3. The Kier molecular flexibility index (Phi) is 14.0. The van der Waals surface area contributed by atoms with E-state index in [0.717, 1.165) is 53.9 Å². The molecule has 1 spiro atoms. The highest BCUT2D eigenvalue weighted by Gasteiger charge is 2.59. The van der Waals surface area contributed by atoms with Gasteiger partial charge in [0.15, 0.2) is 0 Å². The highest BCUT2D eigenvalue weighted by molar-refractivity contribution is 7.52. The summed E-state index contributed by atoms with van der Waals surface area (Å²) in [6, 6.07) is 10.9. The van der Waals surface area contributed by atoms with E-state index in [0.29, 0.717) is 54.6 Å². The Balaban J connectivity index is 0.830. The van der Waals surface area contributed by atoms with Crippen LogP contribution in [-0.2, 0) is 52.4 Å². The summed E-state index contributed by atoms with van der Waals surface area (Å²) < 4.78 is 50.7. The van der Waals surface area contributed by atoms with E-state index in [2.05, 4.69) is 15.6 Å². The Morgan fingerprint density at radius 2 is 1.72 bits per heavy atom. The van der Waals surface area contributed by atoms with Gasteiger partial charge in [-0.05, 0) is 116 Å². The number of hydrogen-bond donors (Lipinski definition) is 4. The third-order valence-corrected chi connectivity index (χ3v) is 18.3. The number of piperidine rings is 2. The molecule has 3 aromatic heterocycles. The molecule has 19 nitrogen and oxygen atoms in total. The fraction of sp³-hybridized carbons (Fsp3) is 0.509. The lowest BCUT2D eigenvalue weighted by Crippen LogP contribution is -2.60. The molecule has 5 aromatic rings. The van der Waals surface area contributed by atoms with Gasteiger partial charge in [-0.15, -0.1) is 11.3 Å². The first-order valence-corrected chi connectivity index (χ1v) is 28.1. The molecular weight excluding hydrogens is 1030 g/mol. The molecule has 5 atom stereocenters. The van der Waals surface area contributed by atoms with Gasteiger partial charge in [0.2, 0.25) is 29.5 Å². The first kappa shape index (κ1) is 53.2. The van der Waals surface area contributed by atoms with E-state index in [1.54, 1.807) is 45.1 Å². The molecule has 5 fully saturated rings. The number of imidazole rings is 1. The van der Waals surface area contributed by atoms with Gasteiger partial charge in [0, 0.05) is 73.8 Å². The van der Waals surface area contributed by atoms with Crippen LogP contribution in [0.4, 0.5) is 8.78 Å². The number of fused-ring (bicyclic) bond motifs is 2. The second kappa shape index (κ2) is 20.0. The van der Waals surface area contributed by atoms with Crippen molar-refractivity contribution in [3.63, 3.8) is 0 Å². The van der Waals surface area contributed by atoms with Gasteiger partial charge < -0.3 is 34.5 Å². The number of likely N-dealkylation sites (tertiary alicyclic amines) is 3. The molecule has 5 aliphatic rings. The maximum Gasteiger partial charge on any atom is 0.399 e. The number of thiophene rings is 1. The molecule has 4 N–H and O–H groups in total. The third kappa shape index (κ3) is 10.0. The number of hydrogen-bond acceptors (Lipinski definition) is 11. The summed E-state index contributed by atoms with van der Waals surface area (Å²) in [6.07, 6.45) is 7.68. The Labute approximate surface area is 440 Å². The molecule has 10 rings (SSSR count). The van der Waals surface area contributed by atoms with E-state index in [1.807, 2.05) is 35.2 Å². The fourth-order valence-corrected chi connectivity index (χ4v) is 13.2. The van der Waals surface area contributed by atoms with E-state index in [1.165, 1.54) is 26.2 Å². The zero-order valence-electron chi connectivity index (χ0n) is 42.6. The number of ether oxygens (including phenoxy) is 1. The lowest BCUT2D eigenvalue weighted by atomic mass is 9.85. The van der Waals surface area contributed by atoms with Crippen molar-refractivity contribution in [2.24, 2.45) is 18.4 Å². The summed E-state index contributed by atoms with van der Waals surface area (Å²) in [5.41, 5.74) is -3.73. The molecule has 4 saturated heterocycles. The highest BCUT2D eigenvalue weighted by Crippen LogP contribution is 2.59. The van der Waals surface area contributed by atoms with Gasteiger partial charge in [-0.3, -0.25) is 52.8 Å². The van der Waals surface area contributed by atoms with E-state index in [-0.39, 0.29) is 77.9 Å². The van der Waals surface area contributed by atoms with E-state index in [4.69, 9.17) is 4.74 Å². The maximum atomic E-state index is 15.2. The number of nitrogens with zero attached hydrogens (tertiary/aromatic N) is 6. The van der Waals surface area contributed by atoms with Crippen molar-refractivity contribution in [1.82, 2.24) is 39.5 Å². The van der Waals surface area contributed by atoms with Gasteiger partial charge in [0.1, 0.15) is 24.7 Å². The number of alkyl halides is 2. The molecule has 0 radical (unpaired) electrons. The molecule has 6 amide bonds. The largest absolute Gasteiger partial charge is 0.399 e. The predicted molar refractivity (Wildman–Crippen MR) is 275 cm³/mol.